The van der Waals surface area contributed by atoms with Gasteiger partial charge in [0.25, 0.3) is 0 Å². The summed E-state index contributed by atoms with van der Waals surface area (Å²) in [5.74, 6) is 1.81. The molecule has 38 heavy (non-hydrogen) atoms. The molecule has 11 heteroatoms. The molecule has 3 N–H and O–H groups in total. The van der Waals surface area contributed by atoms with Crippen molar-refractivity contribution in [1.29, 1.82) is 0 Å². The van der Waals surface area contributed by atoms with Gasteiger partial charge >= 0.3 is 6.03 Å². The zero-order valence-corrected chi connectivity index (χ0v) is 25.6. The largest absolute Gasteiger partial charge is 0.493 e. The van der Waals surface area contributed by atoms with Gasteiger partial charge in [-0.2, -0.15) is 9.36 Å². The monoisotopic (exact) mass is 567 g/mol. The minimum absolute atomic E-state index is 0.0149. The number of benzene rings is 1. The fraction of sp³-hybridized carbons (Fsp3) is 0.667. The van der Waals surface area contributed by atoms with Gasteiger partial charge in [0.15, 0.2) is 0 Å². The summed E-state index contributed by atoms with van der Waals surface area (Å²) >= 11 is 2.77. The summed E-state index contributed by atoms with van der Waals surface area (Å²) in [7, 11) is 1.50. The van der Waals surface area contributed by atoms with E-state index < -0.39 is 0 Å². The molecule has 0 saturated carbocycles. The summed E-state index contributed by atoms with van der Waals surface area (Å²) in [6.07, 6.45) is 4.67. The number of thioether (sulfide) groups is 1. The van der Waals surface area contributed by atoms with Crippen LogP contribution in [0.2, 0.25) is 0 Å². The average Bonchev–Trinajstić information content (AvgIpc) is 3.37. The van der Waals surface area contributed by atoms with E-state index in [0.29, 0.717) is 36.5 Å². The number of anilines is 1. The molecule has 2 aromatic rings. The van der Waals surface area contributed by atoms with Gasteiger partial charge in [0, 0.05) is 29.4 Å². The van der Waals surface area contributed by atoms with E-state index >= 15 is 0 Å². The maximum absolute atomic E-state index is 12.1. The van der Waals surface area contributed by atoms with Crippen LogP contribution in [0.5, 0.6) is 5.75 Å². The molecule has 1 aromatic heterocycles. The Hall–Kier alpha value is -2.08. The maximum Gasteiger partial charge on any atom is 0.333 e. The van der Waals surface area contributed by atoms with Crippen molar-refractivity contribution in [3.8, 4) is 5.75 Å². The number of hydrogen-bond donors (Lipinski definition) is 3. The highest BCUT2D eigenvalue weighted by Crippen LogP contribution is 2.38. The standard InChI is InChI=1S/C27H45N5O4S2/c1-8-26(3,4)20-13-14-22(21(19-20)27(5,6)9-2)35-16-12-15-28-23(33)30-31-24-29-25(32-38-24)37-18-11-10-17-36-34-7/h13-14,19H,8-12,15-18H2,1-7H3,(H2,28,30,33)(H,29,31,32). The van der Waals surface area contributed by atoms with Crippen LogP contribution in [0, 0.1) is 0 Å². The molecule has 0 unspecified atom stereocenters. The van der Waals surface area contributed by atoms with E-state index in [1.807, 2.05) is 0 Å². The Morgan fingerprint density at radius 3 is 2.53 bits per heavy atom. The minimum atomic E-state index is -0.327. The minimum Gasteiger partial charge on any atom is -0.493 e. The van der Waals surface area contributed by atoms with E-state index in [9.17, 15) is 4.79 Å². The van der Waals surface area contributed by atoms with Crippen molar-refractivity contribution < 1.29 is 19.3 Å². The normalized spacial score (nSPS) is 11.9. The molecule has 2 amide bonds. The van der Waals surface area contributed by atoms with Crippen LogP contribution in [-0.2, 0) is 20.6 Å². The van der Waals surface area contributed by atoms with Gasteiger partial charge in [-0.3, -0.25) is 5.43 Å². The van der Waals surface area contributed by atoms with Crippen LogP contribution in [0.3, 0.4) is 0 Å². The lowest BCUT2D eigenvalue weighted by molar-refractivity contribution is -0.272. The third-order valence-electron chi connectivity index (χ3n) is 6.78. The first-order chi connectivity index (χ1) is 18.1. The van der Waals surface area contributed by atoms with Crippen molar-refractivity contribution in [1.82, 2.24) is 20.1 Å². The first kappa shape index (κ1) is 32.1. The van der Waals surface area contributed by atoms with Crippen molar-refractivity contribution in [2.24, 2.45) is 0 Å². The second kappa shape index (κ2) is 16.1. The predicted molar refractivity (Wildman–Crippen MR) is 156 cm³/mol. The SMILES string of the molecule is CCC(C)(C)c1ccc(OCCCNC(=O)NNc2nc(SCCCCOOC)ns2)c(C(C)(C)CC)c1. The van der Waals surface area contributed by atoms with Crippen LogP contribution >= 0.6 is 23.3 Å². The van der Waals surface area contributed by atoms with Crippen molar-refractivity contribution in [3.05, 3.63) is 29.3 Å². The zero-order valence-electron chi connectivity index (χ0n) is 23.9. The number of urea groups is 1. The number of nitrogens with zero attached hydrogens (tertiary/aromatic N) is 2. The molecule has 0 atom stereocenters. The number of ether oxygens (including phenoxy) is 1. The van der Waals surface area contributed by atoms with Gasteiger partial charge in [0.2, 0.25) is 10.3 Å². The van der Waals surface area contributed by atoms with Crippen LogP contribution < -0.4 is 20.9 Å². The Morgan fingerprint density at radius 1 is 1.05 bits per heavy atom. The van der Waals surface area contributed by atoms with Gasteiger partial charge in [-0.15, -0.1) is 0 Å². The molecule has 0 spiro atoms. The summed E-state index contributed by atoms with van der Waals surface area (Å²) in [6.45, 7) is 15.1. The molecular formula is C27H45N5O4S2. The van der Waals surface area contributed by atoms with Crippen LogP contribution in [0.4, 0.5) is 9.93 Å². The summed E-state index contributed by atoms with van der Waals surface area (Å²) < 4.78 is 10.5. The maximum atomic E-state index is 12.1. The second-order valence-corrected chi connectivity index (χ2v) is 12.1. The fourth-order valence-corrected chi connectivity index (χ4v) is 4.94. The Balaban J connectivity index is 1.72. The van der Waals surface area contributed by atoms with E-state index in [1.54, 1.807) is 11.8 Å². The highest BCUT2D eigenvalue weighted by Gasteiger charge is 2.26. The highest BCUT2D eigenvalue weighted by molar-refractivity contribution is 7.99. The van der Waals surface area contributed by atoms with Crippen molar-refractivity contribution in [2.75, 3.05) is 38.0 Å². The number of carbonyl (C=O) groups is 1. The molecule has 0 aliphatic heterocycles. The van der Waals surface area contributed by atoms with Gasteiger partial charge < -0.3 is 10.1 Å². The molecule has 2 rings (SSSR count). The van der Waals surface area contributed by atoms with Crippen molar-refractivity contribution in [3.63, 3.8) is 0 Å². The van der Waals surface area contributed by atoms with Crippen LogP contribution in [0.15, 0.2) is 23.4 Å². The van der Waals surface area contributed by atoms with Gasteiger partial charge in [-0.05, 0) is 54.6 Å². The Kier molecular flexibility index (Phi) is 13.6. The summed E-state index contributed by atoms with van der Waals surface area (Å²) in [5, 5.41) is 4.05. The smallest absolute Gasteiger partial charge is 0.333 e. The number of nitrogens with one attached hydrogen (secondary N) is 3. The molecule has 1 heterocycles. The Labute approximate surface area is 236 Å². The first-order valence-electron chi connectivity index (χ1n) is 13.3. The van der Waals surface area contributed by atoms with Crippen molar-refractivity contribution in [2.45, 2.75) is 89.6 Å². The van der Waals surface area contributed by atoms with Gasteiger partial charge in [0.1, 0.15) is 5.75 Å². The van der Waals surface area contributed by atoms with Crippen LogP contribution in [-0.4, -0.2) is 48.0 Å². The fourth-order valence-electron chi connectivity index (χ4n) is 3.44. The molecule has 1 aromatic carbocycles. The molecule has 0 aliphatic carbocycles. The Bertz CT molecular complexity index is 984. The summed E-state index contributed by atoms with van der Waals surface area (Å²) in [5.41, 5.74) is 8.12. The number of hydrogen-bond acceptors (Lipinski definition) is 9. The zero-order chi connectivity index (χ0) is 28.0. The highest BCUT2D eigenvalue weighted by atomic mass is 32.2. The first-order valence-corrected chi connectivity index (χ1v) is 15.1. The van der Waals surface area contributed by atoms with E-state index in [2.05, 4.69) is 90.2 Å². The Morgan fingerprint density at radius 2 is 1.82 bits per heavy atom. The second-order valence-electron chi connectivity index (χ2n) is 10.3. The number of rotatable bonds is 18. The lowest BCUT2D eigenvalue weighted by Gasteiger charge is -2.30. The number of aromatic nitrogens is 2. The number of unbranched alkanes of at least 4 members (excludes halogenated alkanes) is 1. The van der Waals surface area contributed by atoms with Crippen LogP contribution in [0.25, 0.3) is 0 Å². The van der Waals surface area contributed by atoms with Gasteiger partial charge in [-0.1, -0.05) is 65.4 Å². The molecule has 0 radical (unpaired) electrons. The number of hydrazine groups is 1. The predicted octanol–water partition coefficient (Wildman–Crippen LogP) is 6.46. The van der Waals surface area contributed by atoms with Crippen LogP contribution in [0.1, 0.15) is 84.8 Å². The molecule has 0 aliphatic rings. The molecule has 9 nitrogen and oxygen atoms in total. The molecule has 0 bridgehead atoms. The molecule has 0 saturated heterocycles. The number of carbonyl (C=O) groups excluding carboxylic acids is 1. The summed E-state index contributed by atoms with van der Waals surface area (Å²) in [4.78, 5) is 25.9. The molecular weight excluding hydrogens is 522 g/mol. The third-order valence-corrected chi connectivity index (χ3v) is 8.46. The third kappa shape index (κ3) is 10.6. The van der Waals surface area contributed by atoms with E-state index in [0.717, 1.165) is 37.2 Å². The molecule has 0 fully saturated rings. The lowest BCUT2D eigenvalue weighted by atomic mass is 9.76. The van der Waals surface area contributed by atoms with E-state index in [1.165, 1.54) is 29.8 Å². The van der Waals surface area contributed by atoms with Crippen molar-refractivity contribution >= 4 is 34.5 Å². The topological polar surface area (TPSA) is 107 Å². The van der Waals surface area contributed by atoms with E-state index in [-0.39, 0.29) is 16.9 Å². The quantitative estimate of drug-likeness (QED) is 0.0816. The lowest BCUT2D eigenvalue weighted by Crippen LogP contribution is -2.39. The summed E-state index contributed by atoms with van der Waals surface area (Å²) in [6, 6.07) is 6.27. The molecule has 214 valence electrons. The van der Waals surface area contributed by atoms with E-state index in [4.69, 9.17) is 9.62 Å². The number of amides is 2. The average molecular weight is 568 g/mol. The van der Waals surface area contributed by atoms with Gasteiger partial charge in [0.05, 0.1) is 20.3 Å². The van der Waals surface area contributed by atoms with Gasteiger partial charge in [-0.25, -0.2) is 20.0 Å².